The van der Waals surface area contributed by atoms with E-state index in [0.29, 0.717) is 6.54 Å². The zero-order chi connectivity index (χ0) is 15.0. The van der Waals surface area contributed by atoms with E-state index >= 15 is 0 Å². The van der Waals surface area contributed by atoms with Crippen molar-refractivity contribution in [2.45, 2.75) is 18.6 Å². The third-order valence-corrected chi connectivity index (χ3v) is 3.85. The predicted molar refractivity (Wildman–Crippen MR) is 82.8 cm³/mol. The number of β-amino-alcohol motifs (C(OH)–C–C–N with tert-alkyl or cyclic N) is 1. The fourth-order valence-electron chi connectivity index (χ4n) is 2.97. The van der Waals surface area contributed by atoms with E-state index in [-0.39, 0.29) is 12.1 Å². The van der Waals surface area contributed by atoms with E-state index in [1.807, 2.05) is 37.9 Å². The van der Waals surface area contributed by atoms with Crippen LogP contribution >= 0.6 is 0 Å². The van der Waals surface area contributed by atoms with Gasteiger partial charge in [-0.3, -0.25) is 0 Å². The minimum absolute atomic E-state index is 0.245. The molecule has 1 aliphatic rings. The second kappa shape index (κ2) is 5.50. The van der Waals surface area contributed by atoms with E-state index in [1.165, 1.54) is 0 Å². The molecule has 2 unspecified atom stereocenters. The van der Waals surface area contributed by atoms with E-state index < -0.39 is 0 Å². The van der Waals surface area contributed by atoms with Gasteiger partial charge in [-0.2, -0.15) is 0 Å². The molecule has 0 aromatic carbocycles. The lowest BCUT2D eigenvalue weighted by Gasteiger charge is -2.28. The summed E-state index contributed by atoms with van der Waals surface area (Å²) in [5.41, 5.74) is 0.826. The smallest absolute Gasteiger partial charge is 0.180 e. The molecular weight excluding hydrogens is 268 g/mol. The predicted octanol–water partition coefficient (Wildman–Crippen LogP) is 0.272. The second-order valence-corrected chi connectivity index (χ2v) is 5.82. The number of nitrogens with zero attached hydrogens (tertiary/aromatic N) is 5. The number of likely N-dealkylation sites (N-methyl/N-ethyl adjacent to an activating group) is 1. The molecule has 7 nitrogen and oxygen atoms in total. The van der Waals surface area contributed by atoms with Crippen molar-refractivity contribution in [3.8, 4) is 0 Å². The first-order valence-corrected chi connectivity index (χ1v) is 7.19. The Bertz CT molecular complexity index is 625. The molecule has 1 aliphatic heterocycles. The number of hydrogen-bond acceptors (Lipinski definition) is 6. The van der Waals surface area contributed by atoms with Crippen molar-refractivity contribution in [3.05, 3.63) is 18.6 Å². The zero-order valence-corrected chi connectivity index (χ0v) is 12.7. The summed E-state index contributed by atoms with van der Waals surface area (Å²) < 4.78 is 1.96. The number of rotatable bonds is 4. The fourth-order valence-corrected chi connectivity index (χ4v) is 2.97. The van der Waals surface area contributed by atoms with Gasteiger partial charge in [0.2, 0.25) is 0 Å². The molecule has 0 spiro atoms. The van der Waals surface area contributed by atoms with Crippen molar-refractivity contribution in [2.24, 2.45) is 0 Å². The number of hydrogen-bond donors (Lipinski definition) is 2. The average molecular weight is 290 g/mol. The van der Waals surface area contributed by atoms with Crippen LogP contribution in [0, 0.1) is 0 Å². The summed E-state index contributed by atoms with van der Waals surface area (Å²) in [6.07, 6.45) is 6.04. The molecule has 2 N–H and O–H groups in total. The van der Waals surface area contributed by atoms with Crippen LogP contribution in [0.1, 0.15) is 6.42 Å². The number of anilines is 2. The fraction of sp³-hybridized carbons (Fsp3) is 0.571. The molecule has 21 heavy (non-hydrogen) atoms. The number of aliphatic hydroxyl groups excluding tert-OH is 1. The van der Waals surface area contributed by atoms with Gasteiger partial charge in [0.25, 0.3) is 0 Å². The first-order valence-electron chi connectivity index (χ1n) is 7.19. The van der Waals surface area contributed by atoms with Gasteiger partial charge in [0.15, 0.2) is 11.5 Å². The molecule has 7 heteroatoms. The minimum Gasteiger partial charge on any atom is -0.391 e. The Morgan fingerprint density at radius 2 is 2.29 bits per heavy atom. The van der Waals surface area contributed by atoms with Crippen molar-refractivity contribution < 1.29 is 5.11 Å². The summed E-state index contributed by atoms with van der Waals surface area (Å²) >= 11 is 0. The van der Waals surface area contributed by atoms with Crippen LogP contribution in [0.15, 0.2) is 18.6 Å². The van der Waals surface area contributed by atoms with Gasteiger partial charge in [0.05, 0.1) is 12.3 Å². The lowest BCUT2D eigenvalue weighted by molar-refractivity contribution is 0.191. The van der Waals surface area contributed by atoms with Crippen LogP contribution in [-0.2, 0) is 0 Å². The van der Waals surface area contributed by atoms with Gasteiger partial charge >= 0.3 is 0 Å². The molecule has 114 valence electrons. The maximum atomic E-state index is 10.1. The Labute approximate surface area is 124 Å². The topological polar surface area (TPSA) is 68.9 Å². The molecule has 0 bridgehead atoms. The monoisotopic (exact) mass is 290 g/mol. The van der Waals surface area contributed by atoms with Crippen molar-refractivity contribution in [1.29, 1.82) is 0 Å². The van der Waals surface area contributed by atoms with Gasteiger partial charge in [-0.15, -0.1) is 0 Å². The Balaban J connectivity index is 2.03. The highest BCUT2D eigenvalue weighted by Crippen LogP contribution is 2.28. The third-order valence-electron chi connectivity index (χ3n) is 3.85. The van der Waals surface area contributed by atoms with Crippen molar-refractivity contribution in [2.75, 3.05) is 44.4 Å². The highest BCUT2D eigenvalue weighted by molar-refractivity contribution is 5.67. The molecule has 2 aromatic rings. The van der Waals surface area contributed by atoms with Crippen LogP contribution in [0.4, 0.5) is 11.6 Å². The van der Waals surface area contributed by atoms with Gasteiger partial charge in [-0.1, -0.05) is 0 Å². The summed E-state index contributed by atoms with van der Waals surface area (Å²) in [5, 5.41) is 13.1. The molecule has 0 amide bonds. The van der Waals surface area contributed by atoms with E-state index in [4.69, 9.17) is 0 Å². The largest absolute Gasteiger partial charge is 0.391 e. The maximum Gasteiger partial charge on any atom is 0.180 e. The molecule has 1 fully saturated rings. The molecular formula is C14H22N6O. The lowest BCUT2D eigenvalue weighted by Crippen LogP contribution is -2.38. The van der Waals surface area contributed by atoms with E-state index in [0.717, 1.165) is 30.2 Å². The summed E-state index contributed by atoms with van der Waals surface area (Å²) in [4.78, 5) is 13.4. The zero-order valence-electron chi connectivity index (χ0n) is 12.7. The van der Waals surface area contributed by atoms with Crippen molar-refractivity contribution >= 4 is 17.3 Å². The van der Waals surface area contributed by atoms with Gasteiger partial charge in [-0.25, -0.2) is 9.97 Å². The molecule has 1 saturated heterocycles. The van der Waals surface area contributed by atoms with E-state index in [2.05, 4.69) is 25.1 Å². The van der Waals surface area contributed by atoms with Crippen molar-refractivity contribution in [3.63, 3.8) is 0 Å². The van der Waals surface area contributed by atoms with Crippen LogP contribution in [0.3, 0.4) is 0 Å². The summed E-state index contributed by atoms with van der Waals surface area (Å²) in [7, 11) is 5.95. The number of fused-ring (bicyclic) bond motifs is 1. The van der Waals surface area contributed by atoms with E-state index in [1.54, 1.807) is 6.20 Å². The molecule has 0 aliphatic carbocycles. The summed E-state index contributed by atoms with van der Waals surface area (Å²) in [6, 6.07) is 0.245. The van der Waals surface area contributed by atoms with Gasteiger partial charge in [0, 0.05) is 38.6 Å². The lowest BCUT2D eigenvalue weighted by atomic mass is 10.2. The molecule has 0 radical (unpaired) electrons. The number of aliphatic hydroxyl groups is 1. The molecule has 0 saturated carbocycles. The summed E-state index contributed by atoms with van der Waals surface area (Å²) in [5.74, 6) is 1.62. The number of nitrogens with one attached hydrogen (secondary N) is 1. The van der Waals surface area contributed by atoms with E-state index in [9.17, 15) is 5.11 Å². The van der Waals surface area contributed by atoms with Gasteiger partial charge < -0.3 is 24.6 Å². The number of aromatic nitrogens is 3. The van der Waals surface area contributed by atoms with Crippen LogP contribution in [-0.4, -0.2) is 70.8 Å². The first kappa shape index (κ1) is 14.1. The molecule has 2 aromatic heterocycles. The van der Waals surface area contributed by atoms with Crippen molar-refractivity contribution in [1.82, 2.24) is 19.3 Å². The highest BCUT2D eigenvalue weighted by atomic mass is 16.3. The van der Waals surface area contributed by atoms with Crippen LogP contribution in [0.5, 0.6) is 0 Å². The van der Waals surface area contributed by atoms with Crippen LogP contribution in [0.25, 0.3) is 5.65 Å². The van der Waals surface area contributed by atoms with Crippen LogP contribution in [0.2, 0.25) is 0 Å². The first-order chi connectivity index (χ1) is 10.1. The highest BCUT2D eigenvalue weighted by Gasteiger charge is 2.33. The standard InChI is InChI=1S/C14H22N6O/c1-15-12-9-19-5-4-16-13(19)14(17-12)20-8-11(21)6-10(20)7-18(2)3/h4-5,9-11,15,21H,6-8H2,1-3H3. The van der Waals surface area contributed by atoms with Gasteiger partial charge in [-0.05, 0) is 20.5 Å². The Morgan fingerprint density at radius 3 is 3.00 bits per heavy atom. The quantitative estimate of drug-likeness (QED) is 0.842. The Kier molecular flexibility index (Phi) is 3.69. The Hall–Kier alpha value is -1.86. The molecule has 2 atom stereocenters. The van der Waals surface area contributed by atoms with Crippen LogP contribution < -0.4 is 10.2 Å². The normalized spacial score (nSPS) is 22.4. The Morgan fingerprint density at radius 1 is 1.48 bits per heavy atom. The summed E-state index contributed by atoms with van der Waals surface area (Å²) in [6.45, 7) is 1.48. The molecule has 3 rings (SSSR count). The van der Waals surface area contributed by atoms with Gasteiger partial charge in [0.1, 0.15) is 5.82 Å². The third kappa shape index (κ3) is 2.66. The number of imidazole rings is 1. The second-order valence-electron chi connectivity index (χ2n) is 5.82. The molecule has 3 heterocycles. The SMILES string of the molecule is CNc1cn2ccnc2c(N2CC(O)CC2CN(C)C)n1. The minimum atomic E-state index is -0.315. The maximum absolute atomic E-state index is 10.1. The average Bonchev–Trinajstić information content (AvgIpc) is 3.03.